The highest BCUT2D eigenvalue weighted by Gasteiger charge is 2.12. The molecule has 0 atom stereocenters. The van der Waals surface area contributed by atoms with Crippen LogP contribution in [0.3, 0.4) is 0 Å². The number of hydrogen-bond donors (Lipinski definition) is 1. The summed E-state index contributed by atoms with van der Waals surface area (Å²) in [7, 11) is 0. The number of aryl methyl sites for hydroxylation is 1. The SMILES string of the molecule is CCCCCn1nnc(CO)c1CCOc1ccccc1. The molecular formula is C16H23N3O2. The zero-order valence-corrected chi connectivity index (χ0v) is 12.5. The van der Waals surface area contributed by atoms with Crippen molar-refractivity contribution >= 4 is 0 Å². The molecule has 0 saturated carbocycles. The standard InChI is InChI=1S/C16H23N3O2/c1-2-3-7-11-19-16(15(13-20)17-18-19)10-12-21-14-8-5-4-6-9-14/h4-6,8-9,20H,2-3,7,10-13H2,1H3. The van der Waals surface area contributed by atoms with Crippen molar-refractivity contribution in [1.29, 1.82) is 0 Å². The summed E-state index contributed by atoms with van der Waals surface area (Å²) in [5, 5.41) is 17.5. The van der Waals surface area contributed by atoms with Crippen molar-refractivity contribution in [3.63, 3.8) is 0 Å². The van der Waals surface area contributed by atoms with Crippen molar-refractivity contribution in [2.75, 3.05) is 6.61 Å². The van der Waals surface area contributed by atoms with Crippen LogP contribution in [0.5, 0.6) is 5.75 Å². The normalized spacial score (nSPS) is 10.8. The van der Waals surface area contributed by atoms with Gasteiger partial charge < -0.3 is 9.84 Å². The molecule has 1 aromatic heterocycles. The molecule has 21 heavy (non-hydrogen) atoms. The zero-order valence-electron chi connectivity index (χ0n) is 12.5. The highest BCUT2D eigenvalue weighted by molar-refractivity contribution is 5.21. The van der Waals surface area contributed by atoms with Crippen LogP contribution >= 0.6 is 0 Å². The number of unbranched alkanes of at least 4 members (excludes halogenated alkanes) is 2. The number of aliphatic hydroxyl groups is 1. The number of benzene rings is 1. The van der Waals surface area contributed by atoms with Gasteiger partial charge in [-0.25, -0.2) is 4.68 Å². The zero-order chi connectivity index (χ0) is 14.9. The maximum absolute atomic E-state index is 9.36. The Morgan fingerprint density at radius 1 is 1.19 bits per heavy atom. The molecule has 1 aromatic carbocycles. The van der Waals surface area contributed by atoms with Crippen LogP contribution in [-0.4, -0.2) is 26.7 Å². The molecule has 1 N–H and O–H groups in total. The maximum atomic E-state index is 9.36. The van der Waals surface area contributed by atoms with E-state index in [4.69, 9.17) is 4.74 Å². The van der Waals surface area contributed by atoms with E-state index in [1.54, 1.807) is 0 Å². The van der Waals surface area contributed by atoms with Gasteiger partial charge >= 0.3 is 0 Å². The Bertz CT molecular complexity index is 526. The molecule has 0 spiro atoms. The van der Waals surface area contributed by atoms with Gasteiger partial charge in [-0.05, 0) is 18.6 Å². The fourth-order valence-electron chi connectivity index (χ4n) is 2.24. The van der Waals surface area contributed by atoms with Crippen LogP contribution in [0.25, 0.3) is 0 Å². The monoisotopic (exact) mass is 289 g/mol. The first kappa shape index (κ1) is 15.5. The molecule has 0 saturated heterocycles. The van der Waals surface area contributed by atoms with E-state index in [2.05, 4.69) is 17.2 Å². The number of rotatable bonds is 9. The number of hydrogen-bond acceptors (Lipinski definition) is 4. The second-order valence-corrected chi connectivity index (χ2v) is 4.98. The molecule has 0 radical (unpaired) electrons. The molecule has 0 aliphatic rings. The first-order valence-electron chi connectivity index (χ1n) is 7.55. The van der Waals surface area contributed by atoms with Crippen LogP contribution in [-0.2, 0) is 19.6 Å². The van der Waals surface area contributed by atoms with Crippen LogP contribution in [0.4, 0.5) is 0 Å². The Hall–Kier alpha value is -1.88. The minimum absolute atomic E-state index is 0.0750. The Morgan fingerprint density at radius 3 is 2.71 bits per heavy atom. The summed E-state index contributed by atoms with van der Waals surface area (Å²) in [6, 6.07) is 9.73. The first-order chi connectivity index (χ1) is 10.3. The molecule has 0 fully saturated rings. The molecule has 1 heterocycles. The Labute approximate surface area is 125 Å². The molecule has 2 rings (SSSR count). The fourth-order valence-corrected chi connectivity index (χ4v) is 2.24. The lowest BCUT2D eigenvalue weighted by atomic mass is 10.2. The highest BCUT2D eigenvalue weighted by Crippen LogP contribution is 2.12. The van der Waals surface area contributed by atoms with Gasteiger partial charge in [0.05, 0.1) is 18.9 Å². The molecule has 5 nitrogen and oxygen atoms in total. The van der Waals surface area contributed by atoms with Crippen LogP contribution < -0.4 is 4.74 Å². The van der Waals surface area contributed by atoms with E-state index in [-0.39, 0.29) is 6.61 Å². The van der Waals surface area contributed by atoms with Gasteiger partial charge in [0.2, 0.25) is 0 Å². The van der Waals surface area contributed by atoms with E-state index in [1.807, 2.05) is 35.0 Å². The summed E-state index contributed by atoms with van der Waals surface area (Å²) >= 11 is 0. The van der Waals surface area contributed by atoms with Gasteiger partial charge in [-0.15, -0.1) is 5.10 Å². The summed E-state index contributed by atoms with van der Waals surface area (Å²) in [4.78, 5) is 0. The molecule has 0 amide bonds. The first-order valence-corrected chi connectivity index (χ1v) is 7.55. The average Bonchev–Trinajstić information content (AvgIpc) is 2.91. The Kier molecular flexibility index (Phi) is 6.22. The van der Waals surface area contributed by atoms with Crippen LogP contribution in [0, 0.1) is 0 Å². The van der Waals surface area contributed by atoms with E-state index in [1.165, 1.54) is 12.8 Å². The molecule has 0 aliphatic heterocycles. The van der Waals surface area contributed by atoms with E-state index in [0.717, 1.165) is 24.4 Å². The van der Waals surface area contributed by atoms with Crippen molar-refractivity contribution < 1.29 is 9.84 Å². The van der Waals surface area contributed by atoms with Crippen LogP contribution in [0.1, 0.15) is 37.6 Å². The average molecular weight is 289 g/mol. The minimum atomic E-state index is -0.0750. The summed E-state index contributed by atoms with van der Waals surface area (Å²) in [6.07, 6.45) is 4.13. The van der Waals surface area contributed by atoms with Gasteiger partial charge in [-0.1, -0.05) is 43.2 Å². The summed E-state index contributed by atoms with van der Waals surface area (Å²) in [5.74, 6) is 0.855. The van der Waals surface area contributed by atoms with Crippen molar-refractivity contribution in [3.05, 3.63) is 41.7 Å². The molecule has 5 heteroatoms. The van der Waals surface area contributed by atoms with Crippen molar-refractivity contribution in [1.82, 2.24) is 15.0 Å². The Balaban J connectivity index is 1.92. The summed E-state index contributed by atoms with van der Waals surface area (Å²) < 4.78 is 7.61. The van der Waals surface area contributed by atoms with E-state index < -0.39 is 0 Å². The highest BCUT2D eigenvalue weighted by atomic mass is 16.5. The number of nitrogens with zero attached hydrogens (tertiary/aromatic N) is 3. The van der Waals surface area contributed by atoms with Crippen molar-refractivity contribution in [2.24, 2.45) is 0 Å². The quantitative estimate of drug-likeness (QED) is 0.721. The predicted octanol–water partition coefficient (Wildman–Crippen LogP) is 2.58. The third kappa shape index (κ3) is 4.56. The second-order valence-electron chi connectivity index (χ2n) is 4.98. The third-order valence-electron chi connectivity index (χ3n) is 3.39. The molecule has 114 valence electrons. The van der Waals surface area contributed by atoms with E-state index in [9.17, 15) is 5.11 Å². The second kappa shape index (κ2) is 8.42. The van der Waals surface area contributed by atoms with Crippen molar-refractivity contribution in [3.8, 4) is 5.75 Å². The van der Waals surface area contributed by atoms with Gasteiger partial charge in [0, 0.05) is 13.0 Å². The number of aromatic nitrogens is 3. The Morgan fingerprint density at radius 2 is 2.00 bits per heavy atom. The number of ether oxygens (including phenoxy) is 1. The van der Waals surface area contributed by atoms with Crippen LogP contribution in [0.15, 0.2) is 30.3 Å². The topological polar surface area (TPSA) is 60.2 Å². The number of para-hydroxylation sites is 1. The summed E-state index contributed by atoms with van der Waals surface area (Å²) in [5.41, 5.74) is 1.63. The molecule has 2 aromatic rings. The largest absolute Gasteiger partial charge is 0.493 e. The van der Waals surface area contributed by atoms with Gasteiger partial charge in [0.15, 0.2) is 0 Å². The molecular weight excluding hydrogens is 266 g/mol. The van der Waals surface area contributed by atoms with E-state index >= 15 is 0 Å². The van der Waals surface area contributed by atoms with Gasteiger partial charge in [0.25, 0.3) is 0 Å². The van der Waals surface area contributed by atoms with Gasteiger partial charge in [-0.3, -0.25) is 0 Å². The van der Waals surface area contributed by atoms with Crippen LogP contribution in [0.2, 0.25) is 0 Å². The molecule has 0 bridgehead atoms. The van der Waals surface area contributed by atoms with Gasteiger partial charge in [0.1, 0.15) is 11.4 Å². The lowest BCUT2D eigenvalue weighted by Crippen LogP contribution is -2.11. The number of aliphatic hydroxyl groups excluding tert-OH is 1. The fraction of sp³-hybridized carbons (Fsp3) is 0.500. The minimum Gasteiger partial charge on any atom is -0.493 e. The lowest BCUT2D eigenvalue weighted by molar-refractivity contribution is 0.273. The maximum Gasteiger partial charge on any atom is 0.119 e. The van der Waals surface area contributed by atoms with Crippen molar-refractivity contribution in [2.45, 2.75) is 45.8 Å². The smallest absolute Gasteiger partial charge is 0.119 e. The molecule has 0 aliphatic carbocycles. The molecule has 0 unspecified atom stereocenters. The van der Waals surface area contributed by atoms with Gasteiger partial charge in [-0.2, -0.15) is 0 Å². The van der Waals surface area contributed by atoms with E-state index in [0.29, 0.717) is 18.7 Å². The third-order valence-corrected chi connectivity index (χ3v) is 3.39. The lowest BCUT2D eigenvalue weighted by Gasteiger charge is -2.09. The predicted molar refractivity (Wildman–Crippen MR) is 81.1 cm³/mol. The summed E-state index contributed by atoms with van der Waals surface area (Å²) in [6.45, 7) is 3.50.